The molecule has 30 heavy (non-hydrogen) atoms. The second kappa shape index (κ2) is 7.59. The summed E-state index contributed by atoms with van der Waals surface area (Å²) in [6.07, 6.45) is 6.43. The summed E-state index contributed by atoms with van der Waals surface area (Å²) in [6, 6.07) is 8.21. The lowest BCUT2D eigenvalue weighted by Gasteiger charge is -2.10. The molecular weight excluding hydrogens is 406 g/mol. The Balaban J connectivity index is 1.50. The number of nitrogens with zero attached hydrogens (tertiary/aromatic N) is 6. The van der Waals surface area contributed by atoms with E-state index in [4.69, 9.17) is 4.74 Å². The van der Waals surface area contributed by atoms with Gasteiger partial charge in [-0.15, -0.1) is 0 Å². The van der Waals surface area contributed by atoms with Crippen molar-refractivity contribution in [3.63, 3.8) is 0 Å². The first-order valence-corrected chi connectivity index (χ1v) is 10.4. The van der Waals surface area contributed by atoms with Crippen molar-refractivity contribution in [2.45, 2.75) is 18.7 Å². The van der Waals surface area contributed by atoms with Gasteiger partial charge in [0.1, 0.15) is 29.1 Å². The first-order valence-electron chi connectivity index (χ1n) is 8.95. The van der Waals surface area contributed by atoms with Crippen LogP contribution in [0.25, 0.3) is 5.82 Å². The third-order valence-electron chi connectivity index (χ3n) is 4.44. The van der Waals surface area contributed by atoms with Gasteiger partial charge < -0.3 is 4.74 Å². The normalized spacial score (nSPS) is 11.4. The quantitative estimate of drug-likeness (QED) is 0.505. The maximum atomic E-state index is 12.8. The van der Waals surface area contributed by atoms with Crippen molar-refractivity contribution in [3.05, 3.63) is 66.8 Å². The molecule has 0 radical (unpaired) electrons. The Morgan fingerprint density at radius 2 is 1.87 bits per heavy atom. The number of aryl methyl sites for hydroxylation is 2. The molecule has 1 aromatic carbocycles. The SMILES string of the molecule is Cc1nn(C)c(C)c1S(=O)(=O)Nc1ccc(Oc2cc(-n3ccnc3)ncn2)cc1. The molecule has 11 heteroatoms. The predicted molar refractivity (Wildman–Crippen MR) is 109 cm³/mol. The van der Waals surface area contributed by atoms with Crippen LogP contribution in [0.3, 0.4) is 0 Å². The fraction of sp³-hybridized carbons (Fsp3) is 0.158. The third-order valence-corrected chi connectivity index (χ3v) is 6.07. The van der Waals surface area contributed by atoms with Gasteiger partial charge in [-0.05, 0) is 38.1 Å². The molecule has 3 aromatic heterocycles. The van der Waals surface area contributed by atoms with Crippen molar-refractivity contribution in [1.82, 2.24) is 29.3 Å². The van der Waals surface area contributed by atoms with E-state index >= 15 is 0 Å². The molecule has 154 valence electrons. The molecule has 0 amide bonds. The highest BCUT2D eigenvalue weighted by Gasteiger charge is 2.23. The molecule has 0 aliphatic carbocycles. The molecule has 0 aliphatic rings. The van der Waals surface area contributed by atoms with Crippen LogP contribution in [0.15, 0.2) is 60.3 Å². The zero-order chi connectivity index (χ0) is 21.3. The minimum Gasteiger partial charge on any atom is -0.439 e. The van der Waals surface area contributed by atoms with Crippen LogP contribution in [0, 0.1) is 13.8 Å². The Morgan fingerprint density at radius 1 is 1.10 bits per heavy atom. The van der Waals surface area contributed by atoms with Crippen LogP contribution in [0.1, 0.15) is 11.4 Å². The molecule has 4 aromatic rings. The van der Waals surface area contributed by atoms with Crippen LogP contribution in [0.2, 0.25) is 0 Å². The van der Waals surface area contributed by atoms with Crippen LogP contribution in [-0.2, 0) is 17.1 Å². The first kappa shape index (κ1) is 19.6. The molecule has 4 rings (SSSR count). The zero-order valence-corrected chi connectivity index (χ0v) is 17.3. The summed E-state index contributed by atoms with van der Waals surface area (Å²) in [7, 11) is -2.05. The lowest BCUT2D eigenvalue weighted by molar-refractivity contribution is 0.461. The number of anilines is 1. The number of rotatable bonds is 6. The number of benzene rings is 1. The average molecular weight is 425 g/mol. The van der Waals surface area contributed by atoms with E-state index in [2.05, 4.69) is 24.8 Å². The Morgan fingerprint density at radius 3 is 2.50 bits per heavy atom. The smallest absolute Gasteiger partial charge is 0.265 e. The van der Waals surface area contributed by atoms with Gasteiger partial charge in [-0.25, -0.2) is 23.4 Å². The first-order chi connectivity index (χ1) is 14.3. The topological polar surface area (TPSA) is 117 Å². The molecule has 10 nitrogen and oxygen atoms in total. The van der Waals surface area contributed by atoms with Crippen LogP contribution in [0.4, 0.5) is 5.69 Å². The van der Waals surface area contributed by atoms with E-state index in [1.165, 1.54) is 6.33 Å². The molecule has 1 N–H and O–H groups in total. The van der Waals surface area contributed by atoms with E-state index in [0.29, 0.717) is 34.5 Å². The summed E-state index contributed by atoms with van der Waals surface area (Å²) in [5, 5.41) is 4.16. The van der Waals surface area contributed by atoms with Gasteiger partial charge in [0.05, 0.1) is 11.4 Å². The van der Waals surface area contributed by atoms with Gasteiger partial charge >= 0.3 is 0 Å². The maximum Gasteiger partial charge on any atom is 0.265 e. The fourth-order valence-corrected chi connectivity index (χ4v) is 4.48. The van der Waals surface area contributed by atoms with Gasteiger partial charge in [0.25, 0.3) is 10.0 Å². The Kier molecular flexibility index (Phi) is 4.96. The number of sulfonamides is 1. The Bertz CT molecular complexity index is 1280. The van der Waals surface area contributed by atoms with Gasteiger partial charge in [-0.3, -0.25) is 14.0 Å². The summed E-state index contributed by atoms with van der Waals surface area (Å²) < 4.78 is 37.1. The minimum absolute atomic E-state index is 0.179. The number of hydrogen-bond acceptors (Lipinski definition) is 7. The molecule has 0 saturated heterocycles. The molecule has 0 spiro atoms. The lowest BCUT2D eigenvalue weighted by atomic mass is 10.3. The van der Waals surface area contributed by atoms with Crippen LogP contribution in [0.5, 0.6) is 11.6 Å². The van der Waals surface area contributed by atoms with E-state index in [1.807, 2.05) is 0 Å². The second-order valence-electron chi connectivity index (χ2n) is 6.54. The summed E-state index contributed by atoms with van der Waals surface area (Å²) in [4.78, 5) is 12.4. The highest BCUT2D eigenvalue weighted by Crippen LogP contribution is 2.25. The number of imidazole rings is 1. The van der Waals surface area contributed by atoms with Gasteiger partial charge in [0.15, 0.2) is 0 Å². The standard InChI is InChI=1S/C19H19N7O3S/c1-13-19(14(2)25(3)23-13)30(27,28)24-15-4-6-16(7-5-15)29-18-10-17(21-11-22-18)26-9-8-20-12-26/h4-12,24H,1-3H3. The minimum atomic E-state index is -3.76. The van der Waals surface area contributed by atoms with E-state index in [-0.39, 0.29) is 4.90 Å². The van der Waals surface area contributed by atoms with Gasteiger partial charge in [-0.1, -0.05) is 0 Å². The summed E-state index contributed by atoms with van der Waals surface area (Å²) in [6.45, 7) is 3.38. The highest BCUT2D eigenvalue weighted by molar-refractivity contribution is 7.92. The second-order valence-corrected chi connectivity index (χ2v) is 8.16. The number of aromatic nitrogens is 6. The Hall–Kier alpha value is -3.73. The number of ether oxygens (including phenoxy) is 1. The highest BCUT2D eigenvalue weighted by atomic mass is 32.2. The number of nitrogens with one attached hydrogen (secondary N) is 1. The molecule has 0 unspecified atom stereocenters. The summed E-state index contributed by atoms with van der Waals surface area (Å²) >= 11 is 0. The average Bonchev–Trinajstić information content (AvgIpc) is 3.32. The summed E-state index contributed by atoms with van der Waals surface area (Å²) in [5.74, 6) is 1.47. The van der Waals surface area contributed by atoms with Crippen molar-refractivity contribution >= 4 is 15.7 Å². The van der Waals surface area contributed by atoms with E-state index < -0.39 is 10.0 Å². The third kappa shape index (κ3) is 3.87. The zero-order valence-electron chi connectivity index (χ0n) is 16.5. The molecule has 0 saturated carbocycles. The molecule has 0 fully saturated rings. The van der Waals surface area contributed by atoms with Crippen molar-refractivity contribution in [1.29, 1.82) is 0 Å². The van der Waals surface area contributed by atoms with Crippen LogP contribution in [-0.4, -0.2) is 37.7 Å². The lowest BCUT2D eigenvalue weighted by Crippen LogP contribution is -2.14. The molecule has 0 atom stereocenters. The van der Waals surface area contributed by atoms with E-state index in [1.54, 1.807) is 79.2 Å². The van der Waals surface area contributed by atoms with E-state index in [9.17, 15) is 8.42 Å². The van der Waals surface area contributed by atoms with Crippen molar-refractivity contribution in [2.75, 3.05) is 4.72 Å². The predicted octanol–water partition coefficient (Wildman–Crippen LogP) is 2.61. The van der Waals surface area contributed by atoms with Gasteiger partial charge in [0.2, 0.25) is 5.88 Å². The molecular formula is C19H19N7O3S. The van der Waals surface area contributed by atoms with E-state index in [0.717, 1.165) is 0 Å². The van der Waals surface area contributed by atoms with Crippen molar-refractivity contribution in [2.24, 2.45) is 7.05 Å². The van der Waals surface area contributed by atoms with Crippen LogP contribution >= 0.6 is 0 Å². The summed E-state index contributed by atoms with van der Waals surface area (Å²) in [5.41, 5.74) is 1.42. The van der Waals surface area contributed by atoms with Crippen LogP contribution < -0.4 is 9.46 Å². The van der Waals surface area contributed by atoms with Crippen molar-refractivity contribution in [3.8, 4) is 17.4 Å². The largest absolute Gasteiger partial charge is 0.439 e. The fourth-order valence-electron chi connectivity index (χ4n) is 2.98. The maximum absolute atomic E-state index is 12.8. The molecule has 0 bridgehead atoms. The molecule has 3 heterocycles. The van der Waals surface area contributed by atoms with Crippen molar-refractivity contribution < 1.29 is 13.2 Å². The molecule has 0 aliphatic heterocycles. The van der Waals surface area contributed by atoms with Gasteiger partial charge in [-0.2, -0.15) is 5.10 Å². The Labute approximate surface area is 173 Å². The van der Waals surface area contributed by atoms with Gasteiger partial charge in [0, 0.05) is 31.2 Å². The monoisotopic (exact) mass is 425 g/mol. The number of hydrogen-bond donors (Lipinski definition) is 1.